The van der Waals surface area contributed by atoms with E-state index in [1.807, 2.05) is 7.11 Å². The summed E-state index contributed by atoms with van der Waals surface area (Å²) in [6.07, 6.45) is 6.45. The number of likely N-dealkylation sites (N-methyl/N-ethyl adjacent to an activating group) is 1. The number of methoxy groups -OCH3 is 1. The summed E-state index contributed by atoms with van der Waals surface area (Å²) in [7, 11) is 4.20. The van der Waals surface area contributed by atoms with E-state index in [4.69, 9.17) is 14.7 Å². The Morgan fingerprint density at radius 1 is 1.09 bits per heavy atom. The largest absolute Gasteiger partial charge is 0.497 e. The molecule has 6 atom stereocenters. The first-order valence-electron chi connectivity index (χ1n) is 12.4. The molecule has 168 valence electrons. The highest BCUT2D eigenvalue weighted by Crippen LogP contribution is 2.75. The van der Waals surface area contributed by atoms with E-state index in [2.05, 4.69) is 55.0 Å². The quantitative estimate of drug-likeness (QED) is 0.723. The van der Waals surface area contributed by atoms with Crippen molar-refractivity contribution in [3.8, 4) is 5.75 Å². The van der Waals surface area contributed by atoms with E-state index < -0.39 is 0 Å². The number of likely N-dealkylation sites (tertiary alicyclic amines) is 1. The molecule has 3 heterocycles. The van der Waals surface area contributed by atoms with Gasteiger partial charge in [-0.3, -0.25) is 0 Å². The minimum atomic E-state index is 0.271. The zero-order valence-electron chi connectivity index (χ0n) is 19.8. The van der Waals surface area contributed by atoms with Crippen LogP contribution in [0, 0.1) is 31.1 Å². The van der Waals surface area contributed by atoms with Crippen LogP contribution in [-0.4, -0.2) is 54.2 Å². The number of rotatable bonds is 2. The summed E-state index contributed by atoms with van der Waals surface area (Å²) in [6, 6.07) is 10.3. The molecule has 1 aromatic carbocycles. The van der Waals surface area contributed by atoms with Gasteiger partial charge in [0, 0.05) is 35.4 Å². The lowest BCUT2D eigenvalue weighted by molar-refractivity contribution is -0.0817. The van der Waals surface area contributed by atoms with Crippen molar-refractivity contribution in [2.75, 3.05) is 32.1 Å². The second kappa shape index (κ2) is 6.25. The van der Waals surface area contributed by atoms with Crippen LogP contribution >= 0.6 is 0 Å². The van der Waals surface area contributed by atoms with Gasteiger partial charge in [-0.15, -0.1) is 0 Å². The maximum Gasteiger partial charge on any atom is 0.226 e. The number of aryl methyl sites for hydroxylation is 2. The minimum absolute atomic E-state index is 0.271. The average Bonchev–Trinajstić information content (AvgIpc) is 3.21. The summed E-state index contributed by atoms with van der Waals surface area (Å²) < 4.78 is 5.75. The Balaban J connectivity index is 1.41. The summed E-state index contributed by atoms with van der Waals surface area (Å²) in [5, 5.41) is 0. The molecule has 0 spiro atoms. The summed E-state index contributed by atoms with van der Waals surface area (Å²) in [6.45, 7) is 6.53. The Morgan fingerprint density at radius 3 is 2.69 bits per heavy atom. The van der Waals surface area contributed by atoms with Crippen molar-refractivity contribution in [2.24, 2.45) is 17.3 Å². The monoisotopic (exact) mass is 430 g/mol. The molecule has 2 aliphatic heterocycles. The maximum absolute atomic E-state index is 5.75. The molecule has 32 heavy (non-hydrogen) atoms. The molecular weight excluding hydrogens is 396 g/mol. The van der Waals surface area contributed by atoms with Crippen LogP contribution in [0.25, 0.3) is 0 Å². The van der Waals surface area contributed by atoms with Crippen LogP contribution in [0.4, 0.5) is 5.95 Å². The van der Waals surface area contributed by atoms with Crippen molar-refractivity contribution in [3.05, 3.63) is 46.8 Å². The van der Waals surface area contributed by atoms with Gasteiger partial charge >= 0.3 is 0 Å². The van der Waals surface area contributed by atoms with Crippen molar-refractivity contribution < 1.29 is 4.74 Å². The van der Waals surface area contributed by atoms with Crippen LogP contribution in [0.15, 0.2) is 24.3 Å². The van der Waals surface area contributed by atoms with Crippen molar-refractivity contribution in [1.82, 2.24) is 14.9 Å². The van der Waals surface area contributed by atoms with E-state index in [9.17, 15) is 0 Å². The molecule has 2 saturated heterocycles. The summed E-state index contributed by atoms with van der Waals surface area (Å²) >= 11 is 0. The highest BCUT2D eigenvalue weighted by Gasteiger charge is 2.75. The molecule has 4 bridgehead atoms. The van der Waals surface area contributed by atoms with Crippen molar-refractivity contribution in [2.45, 2.75) is 63.5 Å². The molecule has 5 nitrogen and oxygen atoms in total. The van der Waals surface area contributed by atoms with Gasteiger partial charge in [-0.05, 0) is 106 Å². The van der Waals surface area contributed by atoms with Gasteiger partial charge in [0.1, 0.15) is 5.75 Å². The predicted octanol–water partition coefficient (Wildman–Crippen LogP) is 3.91. The van der Waals surface area contributed by atoms with Gasteiger partial charge in [-0.2, -0.15) is 0 Å². The van der Waals surface area contributed by atoms with Gasteiger partial charge in [0.15, 0.2) is 0 Å². The number of fused-ring (bicyclic) bond motifs is 1. The third kappa shape index (κ3) is 2.14. The third-order valence-corrected chi connectivity index (χ3v) is 10.2. The maximum atomic E-state index is 5.75. The van der Waals surface area contributed by atoms with Crippen molar-refractivity contribution >= 4 is 5.95 Å². The SMILES string of the molecule is COc1ccc2c(c1)C13CCN(C)C(C2)C12CCC1C3[C@@H](CN1c1nc(C)cc(C)n1)C2. The lowest BCUT2D eigenvalue weighted by Gasteiger charge is -2.66. The Hall–Kier alpha value is -2.14. The van der Waals surface area contributed by atoms with Crippen LogP contribution in [-0.2, 0) is 11.8 Å². The van der Waals surface area contributed by atoms with E-state index >= 15 is 0 Å². The first kappa shape index (κ1) is 19.3. The van der Waals surface area contributed by atoms with Gasteiger partial charge < -0.3 is 14.5 Å². The van der Waals surface area contributed by atoms with Crippen LogP contribution < -0.4 is 9.64 Å². The van der Waals surface area contributed by atoms with Crippen LogP contribution in [0.3, 0.4) is 0 Å². The molecule has 5 aliphatic rings. The summed E-state index contributed by atoms with van der Waals surface area (Å²) in [4.78, 5) is 15.1. The molecule has 1 aromatic heterocycles. The Labute approximate surface area is 191 Å². The number of ether oxygens (including phenoxy) is 1. The zero-order chi connectivity index (χ0) is 21.8. The smallest absolute Gasteiger partial charge is 0.226 e. The number of hydrogen-bond acceptors (Lipinski definition) is 5. The molecule has 2 saturated carbocycles. The second-order valence-corrected chi connectivity index (χ2v) is 11.3. The zero-order valence-corrected chi connectivity index (χ0v) is 19.8. The molecular formula is C27H34N4O. The summed E-state index contributed by atoms with van der Waals surface area (Å²) in [5.74, 6) is 3.43. The van der Waals surface area contributed by atoms with E-state index in [1.54, 1.807) is 11.1 Å². The predicted molar refractivity (Wildman–Crippen MR) is 125 cm³/mol. The highest BCUT2D eigenvalue weighted by atomic mass is 16.5. The van der Waals surface area contributed by atoms with Crippen LogP contribution in [0.2, 0.25) is 0 Å². The lowest BCUT2D eigenvalue weighted by Crippen LogP contribution is -2.69. The second-order valence-electron chi connectivity index (χ2n) is 11.3. The van der Waals surface area contributed by atoms with Gasteiger partial charge in [0.05, 0.1) is 7.11 Å². The lowest BCUT2D eigenvalue weighted by atomic mass is 9.43. The molecule has 2 aromatic rings. The topological polar surface area (TPSA) is 41.5 Å². The van der Waals surface area contributed by atoms with E-state index in [0.717, 1.165) is 35.5 Å². The fraction of sp³-hybridized carbons (Fsp3) is 0.630. The van der Waals surface area contributed by atoms with Gasteiger partial charge in [0.25, 0.3) is 0 Å². The van der Waals surface area contributed by atoms with Crippen molar-refractivity contribution in [3.63, 3.8) is 0 Å². The first-order chi connectivity index (χ1) is 15.5. The number of piperidine rings is 1. The van der Waals surface area contributed by atoms with Crippen molar-refractivity contribution in [1.29, 1.82) is 0 Å². The Morgan fingerprint density at radius 2 is 1.91 bits per heavy atom. The molecule has 7 rings (SSSR count). The molecule has 0 N–H and O–H groups in total. The molecule has 0 radical (unpaired) electrons. The first-order valence-corrected chi connectivity index (χ1v) is 12.4. The number of benzene rings is 1. The van der Waals surface area contributed by atoms with Crippen LogP contribution in [0.1, 0.15) is 48.2 Å². The van der Waals surface area contributed by atoms with Gasteiger partial charge in [-0.25, -0.2) is 9.97 Å². The molecule has 5 unspecified atom stereocenters. The fourth-order valence-electron chi connectivity index (χ4n) is 9.41. The number of anilines is 1. The average molecular weight is 431 g/mol. The Bertz CT molecular complexity index is 1100. The Kier molecular flexibility index (Phi) is 3.78. The normalized spacial score (nSPS) is 39.1. The fourth-order valence-corrected chi connectivity index (χ4v) is 9.41. The minimum Gasteiger partial charge on any atom is -0.497 e. The number of hydrogen-bond donors (Lipinski definition) is 0. The van der Waals surface area contributed by atoms with Gasteiger partial charge in [0.2, 0.25) is 5.95 Å². The summed E-state index contributed by atoms with van der Waals surface area (Å²) in [5.41, 5.74) is 6.05. The van der Waals surface area contributed by atoms with Crippen LogP contribution in [0.5, 0.6) is 5.75 Å². The molecule has 0 amide bonds. The molecule has 3 aliphatic carbocycles. The van der Waals surface area contributed by atoms with E-state index in [0.29, 0.717) is 23.4 Å². The number of aromatic nitrogens is 2. The van der Waals surface area contributed by atoms with E-state index in [1.165, 1.54) is 38.6 Å². The van der Waals surface area contributed by atoms with Gasteiger partial charge in [-0.1, -0.05) is 6.07 Å². The molecule has 4 fully saturated rings. The molecule has 5 heteroatoms. The number of nitrogens with zero attached hydrogens (tertiary/aromatic N) is 4. The third-order valence-electron chi connectivity index (χ3n) is 10.2. The standard InChI is InChI=1S/C27H34N4O/c1-16-11-17(2)29-25(28-16)31-15-19-14-26-8-7-22(31)24(19)27(26)9-10-30(3)23(26)12-18-5-6-20(32-4)13-21(18)27/h5-6,11,13,19,22-24H,7-10,12,14-15H2,1-4H3/t19-,22?,23?,24?,26?,27?/m1/s1. The van der Waals surface area contributed by atoms with E-state index in [-0.39, 0.29) is 5.41 Å². The highest BCUT2D eigenvalue weighted by molar-refractivity contribution is 5.53.